The van der Waals surface area contributed by atoms with Crippen LogP contribution >= 0.6 is 0 Å². The Balaban J connectivity index is 1.39. The van der Waals surface area contributed by atoms with Gasteiger partial charge in [0.05, 0.1) is 46.2 Å². The third kappa shape index (κ3) is 2.77. The maximum Gasteiger partial charge on any atom is 0.161 e. The second kappa shape index (κ2) is 6.73. The van der Waals surface area contributed by atoms with E-state index in [-0.39, 0.29) is 12.2 Å². The zero-order valence-electron chi connectivity index (χ0n) is 15.6. The van der Waals surface area contributed by atoms with Gasteiger partial charge in [-0.3, -0.25) is 0 Å². The van der Waals surface area contributed by atoms with Gasteiger partial charge in [0.15, 0.2) is 11.5 Å². The van der Waals surface area contributed by atoms with Crippen molar-refractivity contribution in [2.75, 3.05) is 34.0 Å². The highest BCUT2D eigenvalue weighted by molar-refractivity contribution is 5.44. The zero-order chi connectivity index (χ0) is 18.4. The van der Waals surface area contributed by atoms with Crippen LogP contribution in [-0.4, -0.2) is 34.0 Å². The summed E-state index contributed by atoms with van der Waals surface area (Å²) in [6, 6.07) is 12.5. The van der Waals surface area contributed by atoms with Gasteiger partial charge in [0.2, 0.25) is 0 Å². The van der Waals surface area contributed by atoms with Crippen LogP contribution in [0.3, 0.4) is 0 Å². The fraction of sp³-hybridized carbons (Fsp3) is 0.455. The van der Waals surface area contributed by atoms with Crippen LogP contribution < -0.4 is 14.2 Å². The lowest BCUT2D eigenvalue weighted by molar-refractivity contribution is 0.0191. The fourth-order valence-electron chi connectivity index (χ4n) is 4.62. The lowest BCUT2D eigenvalue weighted by Crippen LogP contribution is -2.14. The van der Waals surface area contributed by atoms with E-state index in [1.165, 1.54) is 11.1 Å². The molecule has 2 fully saturated rings. The third-order valence-electron chi connectivity index (χ3n) is 6.05. The van der Waals surface area contributed by atoms with Crippen LogP contribution in [0, 0.1) is 11.8 Å². The summed E-state index contributed by atoms with van der Waals surface area (Å²) >= 11 is 0. The number of hydrogen-bond donors (Lipinski definition) is 0. The molecule has 27 heavy (non-hydrogen) atoms. The first-order valence-electron chi connectivity index (χ1n) is 9.49. The van der Waals surface area contributed by atoms with Crippen molar-refractivity contribution < 1.29 is 23.7 Å². The minimum Gasteiger partial charge on any atom is -0.493 e. The summed E-state index contributed by atoms with van der Waals surface area (Å²) < 4.78 is 29.0. The average molecular weight is 368 g/mol. The summed E-state index contributed by atoms with van der Waals surface area (Å²) in [5.41, 5.74) is 3.60. The predicted octanol–water partition coefficient (Wildman–Crippen LogP) is 3.71. The Hall–Kier alpha value is -2.24. The molecule has 142 valence electrons. The van der Waals surface area contributed by atoms with Crippen LogP contribution in [0.4, 0.5) is 0 Å². The molecule has 0 N–H and O–H groups in total. The van der Waals surface area contributed by atoms with E-state index in [0.29, 0.717) is 25.0 Å². The molecule has 2 aromatic rings. The first-order valence-corrected chi connectivity index (χ1v) is 9.49. The van der Waals surface area contributed by atoms with Gasteiger partial charge < -0.3 is 23.7 Å². The summed E-state index contributed by atoms with van der Waals surface area (Å²) in [5, 5.41) is 0. The van der Waals surface area contributed by atoms with Crippen molar-refractivity contribution in [1.82, 2.24) is 0 Å². The highest BCUT2D eigenvalue weighted by Crippen LogP contribution is 2.51. The second-order valence-electron chi connectivity index (χ2n) is 7.42. The number of hydrogen-bond acceptors (Lipinski definition) is 5. The Labute approximate surface area is 159 Å². The Morgan fingerprint density at radius 1 is 0.815 bits per heavy atom. The maximum absolute atomic E-state index is 6.23. The van der Waals surface area contributed by atoms with Crippen LogP contribution in [0.25, 0.3) is 0 Å². The first kappa shape index (κ1) is 16.9. The van der Waals surface area contributed by atoms with Crippen molar-refractivity contribution >= 4 is 0 Å². The molecule has 0 unspecified atom stereocenters. The molecule has 3 aliphatic heterocycles. The summed E-state index contributed by atoms with van der Waals surface area (Å²) in [6.07, 6.45) is 1.08. The van der Waals surface area contributed by atoms with E-state index in [0.717, 1.165) is 35.8 Å². The van der Waals surface area contributed by atoms with Crippen LogP contribution in [0.1, 0.15) is 28.9 Å². The van der Waals surface area contributed by atoms with Crippen LogP contribution in [0.15, 0.2) is 36.4 Å². The van der Waals surface area contributed by atoms with Crippen LogP contribution in [0.5, 0.6) is 17.2 Å². The molecule has 5 rings (SSSR count). The van der Waals surface area contributed by atoms with E-state index >= 15 is 0 Å². The van der Waals surface area contributed by atoms with Gasteiger partial charge in [0.1, 0.15) is 5.75 Å². The average Bonchev–Trinajstić information content (AvgIpc) is 3.42. The fourth-order valence-corrected chi connectivity index (χ4v) is 4.62. The van der Waals surface area contributed by atoms with Crippen molar-refractivity contribution in [3.63, 3.8) is 0 Å². The Morgan fingerprint density at radius 3 is 2.19 bits per heavy atom. The van der Waals surface area contributed by atoms with E-state index in [2.05, 4.69) is 24.3 Å². The van der Waals surface area contributed by atoms with E-state index in [4.69, 9.17) is 23.7 Å². The number of benzene rings is 2. The Morgan fingerprint density at radius 2 is 1.48 bits per heavy atom. The lowest BCUT2D eigenvalue weighted by Gasteiger charge is -2.18. The first-order chi connectivity index (χ1) is 13.3. The van der Waals surface area contributed by atoms with E-state index in [9.17, 15) is 0 Å². The molecule has 0 radical (unpaired) electrons. The van der Waals surface area contributed by atoms with Gasteiger partial charge >= 0.3 is 0 Å². The normalized spacial score (nSPS) is 28.5. The van der Waals surface area contributed by atoms with Gasteiger partial charge in [-0.15, -0.1) is 0 Å². The van der Waals surface area contributed by atoms with E-state index in [1.54, 1.807) is 14.2 Å². The molecule has 5 heteroatoms. The number of fused-ring (bicyclic) bond motifs is 2. The highest BCUT2D eigenvalue weighted by Gasteiger charge is 2.48. The summed E-state index contributed by atoms with van der Waals surface area (Å²) in [6.45, 7) is 2.18. The molecule has 0 spiro atoms. The summed E-state index contributed by atoms with van der Waals surface area (Å²) in [4.78, 5) is 0. The quantitative estimate of drug-likeness (QED) is 0.823. The zero-order valence-corrected chi connectivity index (χ0v) is 15.6. The number of methoxy groups -OCH3 is 2. The minimum atomic E-state index is 0.0190. The minimum absolute atomic E-state index is 0.0190. The molecule has 5 nitrogen and oxygen atoms in total. The highest BCUT2D eigenvalue weighted by atomic mass is 16.5. The van der Waals surface area contributed by atoms with Gasteiger partial charge in [-0.2, -0.15) is 0 Å². The molecule has 2 saturated heterocycles. The van der Waals surface area contributed by atoms with Gasteiger partial charge in [-0.05, 0) is 34.9 Å². The van der Waals surface area contributed by atoms with Gasteiger partial charge in [-0.25, -0.2) is 0 Å². The standard InChI is InChI=1S/C22H24O5/c1-23-18-6-5-15(10-20(18)24-2)22-17-12-26-21(16(17)11-27-22)14-4-3-13-7-8-25-19(13)9-14/h3-6,9-10,16-17,21-22H,7-8,11-12H2,1-2H3/t16-,17-,21+,22+/m0/s1. The van der Waals surface area contributed by atoms with Crippen LogP contribution in [-0.2, 0) is 15.9 Å². The van der Waals surface area contributed by atoms with Gasteiger partial charge in [0.25, 0.3) is 0 Å². The summed E-state index contributed by atoms with van der Waals surface area (Å²) in [7, 11) is 3.31. The maximum atomic E-state index is 6.23. The van der Waals surface area contributed by atoms with E-state index < -0.39 is 0 Å². The number of rotatable bonds is 4. The molecule has 0 aromatic heterocycles. The van der Waals surface area contributed by atoms with Crippen molar-refractivity contribution in [1.29, 1.82) is 0 Å². The predicted molar refractivity (Wildman–Crippen MR) is 99.6 cm³/mol. The molecule has 4 atom stereocenters. The molecule has 3 aliphatic rings. The van der Waals surface area contributed by atoms with Crippen molar-refractivity contribution in [3.05, 3.63) is 53.1 Å². The lowest BCUT2D eigenvalue weighted by atomic mass is 9.84. The molecule has 2 aromatic carbocycles. The topological polar surface area (TPSA) is 46.2 Å². The van der Waals surface area contributed by atoms with Crippen LogP contribution in [0.2, 0.25) is 0 Å². The SMILES string of the molecule is COc1ccc([C@H]2OC[C@H]3[C@@H]2CO[C@@H]3c2ccc3c(c2)OCC3)cc1OC. The number of ether oxygens (including phenoxy) is 5. The van der Waals surface area contributed by atoms with Crippen molar-refractivity contribution in [2.24, 2.45) is 11.8 Å². The molecule has 3 heterocycles. The largest absolute Gasteiger partial charge is 0.493 e. The molecular formula is C22H24O5. The smallest absolute Gasteiger partial charge is 0.161 e. The van der Waals surface area contributed by atoms with Gasteiger partial charge in [-0.1, -0.05) is 18.2 Å². The molecule has 0 saturated carbocycles. The van der Waals surface area contributed by atoms with Gasteiger partial charge in [0, 0.05) is 18.3 Å². The molecule has 0 aliphatic carbocycles. The van der Waals surface area contributed by atoms with E-state index in [1.807, 2.05) is 12.1 Å². The molecular weight excluding hydrogens is 344 g/mol. The second-order valence-corrected chi connectivity index (χ2v) is 7.42. The molecule has 0 amide bonds. The van der Waals surface area contributed by atoms with Crippen molar-refractivity contribution in [2.45, 2.75) is 18.6 Å². The summed E-state index contributed by atoms with van der Waals surface area (Å²) in [5.74, 6) is 3.16. The Kier molecular flexibility index (Phi) is 4.21. The van der Waals surface area contributed by atoms with Crippen molar-refractivity contribution in [3.8, 4) is 17.2 Å². The molecule has 0 bridgehead atoms. The monoisotopic (exact) mass is 368 g/mol. The third-order valence-corrected chi connectivity index (χ3v) is 6.05. The Bertz CT molecular complexity index is 849.